The molecule has 342 valence electrons. The first-order chi connectivity index (χ1) is 35.4. The van der Waals surface area contributed by atoms with Gasteiger partial charge < -0.3 is 5.11 Å². The fourth-order valence-electron chi connectivity index (χ4n) is 9.01. The smallest absolute Gasteiger partial charge is 0.149 e. The molecule has 2 heterocycles. The van der Waals surface area contributed by atoms with Crippen molar-refractivity contribution in [3.63, 3.8) is 0 Å². The van der Waals surface area contributed by atoms with Gasteiger partial charge in [-0.05, 0) is 152 Å². The Morgan fingerprint density at radius 3 is 1.85 bits per heavy atom. The second kappa shape index (κ2) is 17.9. The topological polar surface area (TPSA) is 50.9 Å². The van der Waals surface area contributed by atoms with E-state index in [9.17, 15) is 5.11 Å². The SMILES string of the molecule is [2H]C([2H])([2H])c1ccc(-c2ccnc(-c3cc(-c4ccccc4)cc(-c4cccc5c4nc(-c4cc(C(C)(C)C)cc(C(C)(C)C)c4O)n5-c4ccc(-c5cc(C([2H])(C)C)cc(C([2H])(C)C)c5)cc4C([2H])([2H])[2H])c3)c2)cc1. The maximum absolute atomic E-state index is 12.6. The maximum atomic E-state index is 12.6. The van der Waals surface area contributed by atoms with Crippen molar-refractivity contribution in [1.82, 2.24) is 14.5 Å². The van der Waals surface area contributed by atoms with Gasteiger partial charge in [-0.2, -0.15) is 0 Å². The molecule has 0 fully saturated rings. The number of aromatic hydroxyl groups is 1. The number of phenolic OH excluding ortho intramolecular Hbond substituents is 1. The summed E-state index contributed by atoms with van der Waals surface area (Å²) in [7, 11) is 0. The van der Waals surface area contributed by atoms with Gasteiger partial charge in [0.15, 0.2) is 0 Å². The molecule has 0 bridgehead atoms. The van der Waals surface area contributed by atoms with Gasteiger partial charge in [0.1, 0.15) is 11.6 Å². The molecule has 1 N–H and O–H groups in total. The monoisotopic (exact) mass is 900 g/mol. The fraction of sp³-hybridized carbons (Fsp3) is 0.250. The maximum Gasteiger partial charge on any atom is 0.149 e. The van der Waals surface area contributed by atoms with Gasteiger partial charge in [-0.3, -0.25) is 9.55 Å². The van der Waals surface area contributed by atoms with Crippen LogP contribution in [0, 0.1) is 13.7 Å². The molecule has 68 heavy (non-hydrogen) atoms. The Kier molecular flexibility index (Phi) is 9.73. The number of hydrogen-bond acceptors (Lipinski definition) is 3. The van der Waals surface area contributed by atoms with Gasteiger partial charge in [0, 0.05) is 33.9 Å². The summed E-state index contributed by atoms with van der Waals surface area (Å²) in [5.41, 5.74) is 12.7. The van der Waals surface area contributed by atoms with Crippen LogP contribution in [0.25, 0.3) is 83.9 Å². The van der Waals surface area contributed by atoms with E-state index >= 15 is 0 Å². The number of phenols is 1. The van der Waals surface area contributed by atoms with Gasteiger partial charge in [0.05, 0.1) is 28.0 Å². The largest absolute Gasteiger partial charge is 0.507 e. The van der Waals surface area contributed by atoms with E-state index in [2.05, 4.69) is 77.9 Å². The molecule has 0 aliphatic heterocycles. The molecular weight excluding hydrogens is 827 g/mol. The highest BCUT2D eigenvalue weighted by molar-refractivity contribution is 5.98. The van der Waals surface area contributed by atoms with Crippen molar-refractivity contribution >= 4 is 11.0 Å². The minimum atomic E-state index is -2.63. The summed E-state index contributed by atoms with van der Waals surface area (Å²) in [5, 5.41) is 12.6. The summed E-state index contributed by atoms with van der Waals surface area (Å²) in [5.74, 6) is -1.55. The lowest BCUT2D eigenvalue weighted by Crippen LogP contribution is -2.17. The van der Waals surface area contributed by atoms with Crippen molar-refractivity contribution in [3.8, 4) is 78.6 Å². The van der Waals surface area contributed by atoms with Gasteiger partial charge >= 0.3 is 0 Å². The summed E-state index contributed by atoms with van der Waals surface area (Å²) in [6.45, 7) is 14.9. The third kappa shape index (κ3) is 9.05. The van der Waals surface area contributed by atoms with Crippen molar-refractivity contribution in [2.24, 2.45) is 0 Å². The number of nitrogens with zero attached hydrogens (tertiary/aromatic N) is 3. The molecular formula is C64H65N3O. The van der Waals surface area contributed by atoms with E-state index in [0.29, 0.717) is 56.1 Å². The predicted octanol–water partition coefficient (Wildman–Crippen LogP) is 17.6. The number of pyridine rings is 1. The van der Waals surface area contributed by atoms with Gasteiger partial charge in [0.25, 0.3) is 0 Å². The van der Waals surface area contributed by atoms with Crippen LogP contribution in [-0.2, 0) is 10.8 Å². The zero-order valence-electron chi connectivity index (χ0n) is 48.8. The van der Waals surface area contributed by atoms with Crippen LogP contribution >= 0.6 is 0 Å². The number of benzene rings is 7. The predicted molar refractivity (Wildman–Crippen MR) is 288 cm³/mol. The molecule has 0 atom stereocenters. The average molecular weight is 900 g/mol. The number of imidazole rings is 1. The lowest BCUT2D eigenvalue weighted by Gasteiger charge is -2.27. The Balaban J connectivity index is 1.33. The summed E-state index contributed by atoms with van der Waals surface area (Å²) < 4.78 is 71.0. The van der Waals surface area contributed by atoms with Gasteiger partial charge in [0.2, 0.25) is 0 Å². The van der Waals surface area contributed by atoms with E-state index < -0.39 is 30.9 Å². The lowest BCUT2D eigenvalue weighted by atomic mass is 9.79. The first kappa shape index (κ1) is 37.0. The number of fused-ring (bicyclic) bond motifs is 1. The Bertz CT molecular complexity index is 3620. The first-order valence-electron chi connectivity index (χ1n) is 27.4. The number of hydrogen-bond donors (Lipinski definition) is 1. The molecule has 4 heteroatoms. The number of para-hydroxylation sites is 1. The highest BCUT2D eigenvalue weighted by Crippen LogP contribution is 2.45. The van der Waals surface area contributed by atoms with E-state index in [-0.39, 0.29) is 22.3 Å². The van der Waals surface area contributed by atoms with Crippen LogP contribution in [0.15, 0.2) is 158 Å². The molecule has 0 saturated carbocycles. The van der Waals surface area contributed by atoms with Crippen molar-refractivity contribution in [1.29, 1.82) is 0 Å². The molecule has 0 aliphatic carbocycles. The zero-order chi connectivity index (χ0) is 55.1. The van der Waals surface area contributed by atoms with Crippen LogP contribution in [0.4, 0.5) is 0 Å². The Hall–Kier alpha value is -7.04. The molecule has 0 spiro atoms. The second-order valence-corrected chi connectivity index (χ2v) is 20.6. The molecule has 9 rings (SSSR count). The molecule has 0 unspecified atom stereocenters. The Labute approximate surface area is 415 Å². The third-order valence-electron chi connectivity index (χ3n) is 13.0. The molecule has 2 aromatic heterocycles. The number of aromatic nitrogens is 3. The second-order valence-electron chi connectivity index (χ2n) is 20.6. The van der Waals surface area contributed by atoms with Gasteiger partial charge in [-0.1, -0.05) is 172 Å². The fourth-order valence-corrected chi connectivity index (χ4v) is 9.01. The van der Waals surface area contributed by atoms with Crippen molar-refractivity contribution in [3.05, 3.63) is 191 Å². The third-order valence-corrected chi connectivity index (χ3v) is 13.0. The summed E-state index contributed by atoms with van der Waals surface area (Å²) in [6, 6.07) is 48.3. The summed E-state index contributed by atoms with van der Waals surface area (Å²) >= 11 is 0. The highest BCUT2D eigenvalue weighted by Gasteiger charge is 2.29. The normalized spacial score (nSPS) is 14.6. The van der Waals surface area contributed by atoms with Crippen molar-refractivity contribution in [2.45, 2.75) is 106 Å². The zero-order valence-corrected chi connectivity index (χ0v) is 40.8. The van der Waals surface area contributed by atoms with Crippen LogP contribution in [-0.4, -0.2) is 19.6 Å². The minimum absolute atomic E-state index is 0.0541. The molecule has 0 saturated heterocycles. The van der Waals surface area contributed by atoms with Crippen molar-refractivity contribution < 1.29 is 16.1 Å². The van der Waals surface area contributed by atoms with Gasteiger partial charge in [-0.15, -0.1) is 0 Å². The van der Waals surface area contributed by atoms with E-state index in [1.807, 2.05) is 102 Å². The van der Waals surface area contributed by atoms with Crippen molar-refractivity contribution in [2.75, 3.05) is 0 Å². The van der Waals surface area contributed by atoms with Crippen LogP contribution in [0.5, 0.6) is 5.75 Å². The lowest BCUT2D eigenvalue weighted by molar-refractivity contribution is 0.446. The van der Waals surface area contributed by atoms with E-state index in [0.717, 1.165) is 50.1 Å². The van der Waals surface area contributed by atoms with E-state index in [1.165, 1.54) is 0 Å². The van der Waals surface area contributed by atoms with Crippen LogP contribution in [0.1, 0.15) is 125 Å². The molecule has 0 radical (unpaired) electrons. The molecule has 9 aromatic rings. The number of rotatable bonds is 9. The molecule has 7 aromatic carbocycles. The van der Waals surface area contributed by atoms with E-state index in [1.54, 1.807) is 52.1 Å². The Morgan fingerprint density at radius 2 is 1.19 bits per heavy atom. The summed E-state index contributed by atoms with van der Waals surface area (Å²) in [4.78, 5) is 10.4. The van der Waals surface area contributed by atoms with Crippen LogP contribution in [0.2, 0.25) is 0 Å². The molecule has 0 aliphatic rings. The first-order valence-corrected chi connectivity index (χ1v) is 23.4. The standard InChI is InChI=1S/C64H65N3O/c1-39(2)47-30-48(40(3)4)32-50(31-47)45-25-26-58(42(6)29-45)67-59-20-16-19-54(60(59)66-62(67)55-37-53(63(7,8)9)38-56(61(55)68)64(10,11)12)51-33-49(43-17-14-13-15-18-43)34-52(35-51)57-36-46(27-28-65-57)44-23-21-41(5)22-24-44/h13-40,68H,1-12H3/i5D3,6D3,39D,40D. The minimum Gasteiger partial charge on any atom is -0.507 e. The molecule has 0 amide bonds. The van der Waals surface area contributed by atoms with E-state index in [4.69, 9.17) is 20.9 Å². The number of aryl methyl sites for hydroxylation is 2. The highest BCUT2D eigenvalue weighted by atomic mass is 16.3. The Morgan fingerprint density at radius 1 is 0.544 bits per heavy atom. The molecule has 4 nitrogen and oxygen atoms in total. The van der Waals surface area contributed by atoms with Gasteiger partial charge in [-0.25, -0.2) is 4.98 Å². The average Bonchev–Trinajstić information content (AvgIpc) is 3.74. The van der Waals surface area contributed by atoms with Crippen LogP contribution < -0.4 is 0 Å². The van der Waals surface area contributed by atoms with Crippen LogP contribution in [0.3, 0.4) is 0 Å². The summed E-state index contributed by atoms with van der Waals surface area (Å²) in [6.07, 6.45) is 1.76. The quantitative estimate of drug-likeness (QED) is 0.157.